The number of rotatable bonds is 11. The predicted octanol–water partition coefficient (Wildman–Crippen LogP) is 4.76. The number of fused-ring (bicyclic) bond motifs is 1. The van der Waals surface area contributed by atoms with Gasteiger partial charge < -0.3 is 28.9 Å². The molecule has 1 aromatic heterocycles. The number of piperidine rings is 1. The second-order valence-electron chi connectivity index (χ2n) is 9.54. The Kier molecular flexibility index (Phi) is 12.5. The van der Waals surface area contributed by atoms with Gasteiger partial charge in [0.05, 0.1) is 10.4 Å². The van der Waals surface area contributed by atoms with E-state index in [1.54, 1.807) is 12.4 Å². The highest BCUT2D eigenvalue weighted by atomic mass is 32.2. The van der Waals surface area contributed by atoms with Gasteiger partial charge in [-0.05, 0) is 60.7 Å². The monoisotopic (exact) mass is 590 g/mol. The molecule has 0 saturated carbocycles. The number of amides is 1. The van der Waals surface area contributed by atoms with Gasteiger partial charge in [-0.2, -0.15) is 0 Å². The Morgan fingerprint density at radius 3 is 2.45 bits per heavy atom. The number of benzene rings is 2. The quantitative estimate of drug-likeness (QED) is 0.123. The molecule has 1 fully saturated rings. The Balaban J connectivity index is 0.000000559. The SMILES string of the molecule is CC(C)CC1(OC=O)CCN(C(=O)c2ccc(NSc3cccc4nccnc34)cc2)CC1.COCOP(O)O. The lowest BCUT2D eigenvalue weighted by Gasteiger charge is -2.41. The summed E-state index contributed by atoms with van der Waals surface area (Å²) in [5.41, 5.74) is 2.79. The Bertz CT molecular complexity index is 1220. The first-order chi connectivity index (χ1) is 19.3. The summed E-state index contributed by atoms with van der Waals surface area (Å²) in [6, 6.07) is 13.4. The molecule has 0 radical (unpaired) electrons. The van der Waals surface area contributed by atoms with Crippen molar-refractivity contribution in [2.24, 2.45) is 5.92 Å². The van der Waals surface area contributed by atoms with Gasteiger partial charge in [0.25, 0.3) is 12.4 Å². The average Bonchev–Trinajstić information content (AvgIpc) is 2.95. The van der Waals surface area contributed by atoms with Crippen LogP contribution in [0.2, 0.25) is 0 Å². The van der Waals surface area contributed by atoms with E-state index < -0.39 is 14.2 Å². The largest absolute Gasteiger partial charge is 0.461 e. The average molecular weight is 591 g/mol. The normalized spacial score (nSPS) is 14.5. The van der Waals surface area contributed by atoms with E-state index in [1.807, 2.05) is 47.4 Å². The molecule has 1 aliphatic heterocycles. The minimum Gasteiger partial charge on any atom is -0.461 e. The second kappa shape index (κ2) is 15.8. The number of anilines is 1. The van der Waals surface area contributed by atoms with Gasteiger partial charge in [-0.1, -0.05) is 19.9 Å². The van der Waals surface area contributed by atoms with Crippen LogP contribution in [0, 0.1) is 5.92 Å². The van der Waals surface area contributed by atoms with Crippen LogP contribution in [-0.4, -0.2) is 69.6 Å². The third-order valence-electron chi connectivity index (χ3n) is 6.20. The number of carbonyl (C=O) groups is 2. The van der Waals surface area contributed by atoms with E-state index in [0.29, 0.717) is 43.9 Å². The first-order valence-electron chi connectivity index (χ1n) is 12.7. The highest BCUT2D eigenvalue weighted by molar-refractivity contribution is 8.00. The summed E-state index contributed by atoms with van der Waals surface area (Å²) in [5.74, 6) is 0.425. The molecule has 0 bridgehead atoms. The molecule has 2 aromatic carbocycles. The zero-order valence-corrected chi connectivity index (χ0v) is 24.4. The minimum absolute atomic E-state index is 0.00257. The van der Waals surface area contributed by atoms with Crippen LogP contribution in [0.3, 0.4) is 0 Å². The van der Waals surface area contributed by atoms with Crippen LogP contribution in [-0.2, 0) is 18.8 Å². The van der Waals surface area contributed by atoms with Crippen LogP contribution in [0.4, 0.5) is 5.69 Å². The minimum atomic E-state index is -2.23. The summed E-state index contributed by atoms with van der Waals surface area (Å²) in [6.45, 7) is 5.88. The number of aromatic nitrogens is 2. The molecule has 13 heteroatoms. The molecule has 1 amide bonds. The van der Waals surface area contributed by atoms with Crippen LogP contribution < -0.4 is 4.72 Å². The van der Waals surface area contributed by atoms with Crippen molar-refractivity contribution in [3.8, 4) is 0 Å². The maximum Gasteiger partial charge on any atom is 0.329 e. The van der Waals surface area contributed by atoms with Crippen molar-refractivity contribution < 1.29 is 33.4 Å². The molecule has 0 aliphatic carbocycles. The Labute approximate surface area is 239 Å². The van der Waals surface area contributed by atoms with Gasteiger partial charge in [0.15, 0.2) is 6.79 Å². The smallest absolute Gasteiger partial charge is 0.329 e. The summed E-state index contributed by atoms with van der Waals surface area (Å²) >= 11 is 1.46. The third-order valence-corrected chi connectivity index (χ3v) is 7.42. The first kappa shape index (κ1) is 31.7. The summed E-state index contributed by atoms with van der Waals surface area (Å²) in [7, 11) is -0.830. The molecule has 0 unspecified atom stereocenters. The maximum atomic E-state index is 13.0. The van der Waals surface area contributed by atoms with E-state index in [9.17, 15) is 9.59 Å². The number of methoxy groups -OCH3 is 1. The zero-order chi connectivity index (χ0) is 29.0. The van der Waals surface area contributed by atoms with Crippen LogP contribution in [0.5, 0.6) is 0 Å². The number of ether oxygens (including phenoxy) is 2. The summed E-state index contributed by atoms with van der Waals surface area (Å²) < 4.78 is 17.3. The zero-order valence-electron chi connectivity index (χ0n) is 22.7. The topological polar surface area (TPSA) is 143 Å². The van der Waals surface area contributed by atoms with Crippen molar-refractivity contribution in [1.82, 2.24) is 14.9 Å². The summed E-state index contributed by atoms with van der Waals surface area (Å²) in [6.07, 6.45) is 5.51. The number of carbonyl (C=O) groups excluding carboxylic acids is 2. The Morgan fingerprint density at radius 1 is 1.15 bits per heavy atom. The van der Waals surface area contributed by atoms with E-state index in [0.717, 1.165) is 28.0 Å². The van der Waals surface area contributed by atoms with E-state index in [-0.39, 0.29) is 12.7 Å². The first-order valence-corrected chi connectivity index (χ1v) is 14.7. The second-order valence-corrected chi connectivity index (χ2v) is 11.1. The fourth-order valence-electron chi connectivity index (χ4n) is 4.46. The Hall–Kier alpha value is -2.86. The molecule has 2 heterocycles. The van der Waals surface area contributed by atoms with Gasteiger partial charge in [0, 0.05) is 56.7 Å². The molecular formula is C27H35N4O7PS. The fourth-order valence-corrected chi connectivity index (χ4v) is 5.42. The molecule has 4 rings (SSSR count). The van der Waals surface area contributed by atoms with Crippen molar-refractivity contribution in [3.05, 3.63) is 60.4 Å². The molecule has 0 atom stereocenters. The van der Waals surface area contributed by atoms with Gasteiger partial charge in [-0.25, -0.2) is 0 Å². The lowest BCUT2D eigenvalue weighted by Crippen LogP contribution is -2.48. The number of hydrogen-bond acceptors (Lipinski definition) is 11. The third kappa shape index (κ3) is 9.36. The van der Waals surface area contributed by atoms with Crippen molar-refractivity contribution >= 4 is 49.7 Å². The van der Waals surface area contributed by atoms with E-state index >= 15 is 0 Å². The van der Waals surface area contributed by atoms with Crippen LogP contribution in [0.1, 0.15) is 43.5 Å². The summed E-state index contributed by atoms with van der Waals surface area (Å²) in [4.78, 5) is 51.6. The molecule has 216 valence electrons. The van der Waals surface area contributed by atoms with E-state index in [1.165, 1.54) is 19.1 Å². The summed E-state index contributed by atoms with van der Waals surface area (Å²) in [5, 5.41) is 0. The molecule has 3 N–H and O–H groups in total. The van der Waals surface area contributed by atoms with Crippen molar-refractivity contribution in [1.29, 1.82) is 0 Å². The van der Waals surface area contributed by atoms with Crippen LogP contribution in [0.25, 0.3) is 11.0 Å². The van der Waals surface area contributed by atoms with Gasteiger partial charge in [0.1, 0.15) is 11.1 Å². The lowest BCUT2D eigenvalue weighted by atomic mass is 9.83. The van der Waals surface area contributed by atoms with Crippen LogP contribution in [0.15, 0.2) is 59.8 Å². The van der Waals surface area contributed by atoms with Crippen molar-refractivity contribution in [2.45, 2.75) is 43.6 Å². The molecule has 1 aliphatic rings. The molecule has 3 aromatic rings. The number of nitrogens with zero attached hydrogens (tertiary/aromatic N) is 3. The molecular weight excluding hydrogens is 555 g/mol. The van der Waals surface area contributed by atoms with Gasteiger partial charge >= 0.3 is 8.60 Å². The van der Waals surface area contributed by atoms with E-state index in [4.69, 9.17) is 14.5 Å². The highest BCUT2D eigenvalue weighted by Gasteiger charge is 2.38. The fraction of sp³-hybridized carbons (Fsp3) is 0.407. The standard InChI is InChI=1S/C25H28N4O3S.C2H7O4P/c1-18(2)16-25(32-17-30)10-14-29(15-11-25)24(31)19-6-8-20(9-7-19)28-33-22-5-3-4-21-23(22)27-13-12-26-21;1-5-2-6-7(3)4/h3-9,12-13,17-18,28H,10-11,14-16H2,1-2H3;3-4H,2H2,1H3. The number of para-hydroxylation sites is 1. The highest BCUT2D eigenvalue weighted by Crippen LogP contribution is 2.33. The molecule has 0 spiro atoms. The van der Waals surface area contributed by atoms with Gasteiger partial charge in [-0.15, -0.1) is 0 Å². The van der Waals surface area contributed by atoms with Gasteiger partial charge in [-0.3, -0.25) is 24.1 Å². The van der Waals surface area contributed by atoms with Crippen molar-refractivity contribution in [2.75, 3.05) is 31.7 Å². The Morgan fingerprint density at radius 2 is 1.85 bits per heavy atom. The predicted molar refractivity (Wildman–Crippen MR) is 154 cm³/mol. The number of nitrogens with one attached hydrogen (secondary N) is 1. The molecule has 40 heavy (non-hydrogen) atoms. The molecule has 1 saturated heterocycles. The maximum absolute atomic E-state index is 13.0. The van der Waals surface area contributed by atoms with Crippen LogP contribution >= 0.6 is 20.6 Å². The van der Waals surface area contributed by atoms with Gasteiger partial charge in [0.2, 0.25) is 0 Å². The van der Waals surface area contributed by atoms with Crippen molar-refractivity contribution in [3.63, 3.8) is 0 Å². The van der Waals surface area contributed by atoms with E-state index in [2.05, 4.69) is 37.8 Å². The number of likely N-dealkylation sites (tertiary alicyclic amines) is 1. The lowest BCUT2D eigenvalue weighted by molar-refractivity contribution is -0.150. The molecule has 11 nitrogen and oxygen atoms in total. The number of hydrogen-bond donors (Lipinski definition) is 3.